The molecular weight excluding hydrogens is 174 g/mol. The molecule has 0 aromatic carbocycles. The molecule has 1 atom stereocenters. The quantitative estimate of drug-likeness (QED) is 0.765. The van der Waals surface area contributed by atoms with Crippen LogP contribution in [0.25, 0.3) is 0 Å². The normalized spacial score (nSPS) is 15.8. The van der Waals surface area contributed by atoms with Gasteiger partial charge >= 0.3 is 0 Å². The van der Waals surface area contributed by atoms with Gasteiger partial charge in [-0.15, -0.1) is 0 Å². The third kappa shape index (κ3) is 2.01. The highest BCUT2D eigenvalue weighted by Gasteiger charge is 2.32. The smallest absolute Gasteiger partial charge is 0.260 e. The van der Waals surface area contributed by atoms with Gasteiger partial charge in [0.25, 0.3) is 6.43 Å². The minimum absolute atomic E-state index is 0.412. The third-order valence-electron chi connectivity index (χ3n) is 1.97. The maximum absolute atomic E-state index is 12.5. The monoisotopic (exact) mass is 186 g/mol. The second-order valence-electron chi connectivity index (χ2n) is 3.27. The summed E-state index contributed by atoms with van der Waals surface area (Å²) in [5.41, 5.74) is 4.98. The van der Waals surface area contributed by atoms with Crippen LogP contribution in [0.15, 0.2) is 18.3 Å². The maximum atomic E-state index is 12.5. The van der Waals surface area contributed by atoms with E-state index in [0.717, 1.165) is 0 Å². The van der Waals surface area contributed by atoms with Crippen molar-refractivity contribution in [2.75, 3.05) is 0 Å². The van der Waals surface area contributed by atoms with Gasteiger partial charge in [0.15, 0.2) is 0 Å². The van der Waals surface area contributed by atoms with Gasteiger partial charge in [-0.3, -0.25) is 4.98 Å². The highest BCUT2D eigenvalue weighted by atomic mass is 19.3. The number of halogens is 2. The Hall–Kier alpha value is -1.03. The van der Waals surface area contributed by atoms with Crippen LogP contribution in [-0.2, 0) is 5.54 Å². The minimum Gasteiger partial charge on any atom is -0.317 e. The van der Waals surface area contributed by atoms with Crippen LogP contribution < -0.4 is 5.73 Å². The van der Waals surface area contributed by atoms with Gasteiger partial charge in [-0.2, -0.15) is 0 Å². The summed E-state index contributed by atoms with van der Waals surface area (Å²) in [5.74, 6) is 0. The number of hydrogen-bond donors (Lipinski definition) is 1. The molecule has 0 radical (unpaired) electrons. The number of aromatic nitrogens is 1. The van der Waals surface area contributed by atoms with E-state index >= 15 is 0 Å². The lowest BCUT2D eigenvalue weighted by molar-refractivity contribution is 0.0624. The Kier molecular flexibility index (Phi) is 2.61. The van der Waals surface area contributed by atoms with Crippen LogP contribution in [-0.4, -0.2) is 11.4 Å². The van der Waals surface area contributed by atoms with Gasteiger partial charge in [-0.05, 0) is 31.5 Å². The summed E-state index contributed by atoms with van der Waals surface area (Å²) < 4.78 is 25.0. The lowest BCUT2D eigenvalue weighted by atomic mass is 9.94. The van der Waals surface area contributed by atoms with Gasteiger partial charge in [0.05, 0.1) is 5.54 Å². The van der Waals surface area contributed by atoms with Crippen LogP contribution in [0.4, 0.5) is 8.78 Å². The van der Waals surface area contributed by atoms with Crippen molar-refractivity contribution in [3.63, 3.8) is 0 Å². The molecule has 0 bridgehead atoms. The fourth-order valence-electron chi connectivity index (χ4n) is 1.01. The third-order valence-corrected chi connectivity index (χ3v) is 1.97. The van der Waals surface area contributed by atoms with E-state index in [1.165, 1.54) is 19.2 Å². The maximum Gasteiger partial charge on any atom is 0.260 e. The molecule has 0 aliphatic heterocycles. The van der Waals surface area contributed by atoms with Crippen molar-refractivity contribution in [3.05, 3.63) is 29.6 Å². The first-order valence-electron chi connectivity index (χ1n) is 3.94. The minimum atomic E-state index is -2.57. The van der Waals surface area contributed by atoms with E-state index < -0.39 is 12.0 Å². The number of nitrogens with zero attached hydrogens (tertiary/aromatic N) is 1. The lowest BCUT2D eigenvalue weighted by Crippen LogP contribution is -2.40. The molecule has 2 nitrogen and oxygen atoms in total. The predicted molar refractivity (Wildman–Crippen MR) is 46.5 cm³/mol. The van der Waals surface area contributed by atoms with Crippen molar-refractivity contribution >= 4 is 0 Å². The van der Waals surface area contributed by atoms with E-state index in [-0.39, 0.29) is 0 Å². The fraction of sp³-hybridized carbons (Fsp3) is 0.444. The molecule has 0 amide bonds. The van der Waals surface area contributed by atoms with Crippen LogP contribution in [0.2, 0.25) is 0 Å². The van der Waals surface area contributed by atoms with Crippen molar-refractivity contribution in [1.82, 2.24) is 4.98 Å². The Morgan fingerprint density at radius 3 is 2.62 bits per heavy atom. The summed E-state index contributed by atoms with van der Waals surface area (Å²) >= 11 is 0. The summed E-state index contributed by atoms with van der Waals surface area (Å²) in [6.45, 7) is 3.05. The lowest BCUT2D eigenvalue weighted by Gasteiger charge is -2.23. The largest absolute Gasteiger partial charge is 0.317 e. The number of pyridine rings is 1. The van der Waals surface area contributed by atoms with Gasteiger partial charge in [0.1, 0.15) is 0 Å². The number of rotatable bonds is 2. The van der Waals surface area contributed by atoms with Gasteiger partial charge in [-0.25, -0.2) is 8.78 Å². The zero-order chi connectivity index (χ0) is 10.1. The SMILES string of the molecule is Cc1cc(C(C)(N)C(F)F)ccn1. The molecule has 1 aromatic rings. The average Bonchev–Trinajstić information content (AvgIpc) is 2.04. The second kappa shape index (κ2) is 3.38. The molecule has 2 N–H and O–H groups in total. The van der Waals surface area contributed by atoms with Gasteiger partial charge in [0.2, 0.25) is 0 Å². The zero-order valence-electron chi connectivity index (χ0n) is 7.59. The van der Waals surface area contributed by atoms with Crippen molar-refractivity contribution in [2.45, 2.75) is 25.8 Å². The molecule has 4 heteroatoms. The molecule has 0 saturated heterocycles. The molecule has 1 unspecified atom stereocenters. The van der Waals surface area contributed by atoms with E-state index in [4.69, 9.17) is 5.73 Å². The van der Waals surface area contributed by atoms with Crippen LogP contribution in [0, 0.1) is 6.92 Å². The molecule has 1 rings (SSSR count). The van der Waals surface area contributed by atoms with Gasteiger partial charge < -0.3 is 5.73 Å². The van der Waals surface area contributed by atoms with E-state index in [9.17, 15) is 8.78 Å². The first-order valence-corrected chi connectivity index (χ1v) is 3.94. The molecule has 0 saturated carbocycles. The van der Waals surface area contributed by atoms with Crippen LogP contribution in [0.5, 0.6) is 0 Å². The highest BCUT2D eigenvalue weighted by Crippen LogP contribution is 2.24. The molecule has 0 spiro atoms. The second-order valence-corrected chi connectivity index (χ2v) is 3.27. The summed E-state index contributed by atoms with van der Waals surface area (Å²) in [7, 11) is 0. The number of alkyl halides is 2. The van der Waals surface area contributed by atoms with Gasteiger partial charge in [0, 0.05) is 11.9 Å². The van der Waals surface area contributed by atoms with E-state index in [1.54, 1.807) is 13.0 Å². The van der Waals surface area contributed by atoms with E-state index in [2.05, 4.69) is 4.98 Å². The molecular formula is C9H12F2N2. The Morgan fingerprint density at radius 1 is 1.54 bits per heavy atom. The summed E-state index contributed by atoms with van der Waals surface area (Å²) in [6.07, 6.45) is -1.09. The molecule has 1 aromatic heterocycles. The average molecular weight is 186 g/mol. The molecule has 1 heterocycles. The van der Waals surface area contributed by atoms with Gasteiger partial charge in [-0.1, -0.05) is 0 Å². The summed E-state index contributed by atoms with van der Waals surface area (Å²) in [4.78, 5) is 3.91. The molecule has 0 aliphatic rings. The summed E-state index contributed by atoms with van der Waals surface area (Å²) in [6, 6.07) is 3.09. The number of aryl methyl sites for hydroxylation is 1. The van der Waals surface area contributed by atoms with Crippen LogP contribution in [0.1, 0.15) is 18.2 Å². The first kappa shape index (κ1) is 10.1. The van der Waals surface area contributed by atoms with Crippen molar-refractivity contribution in [3.8, 4) is 0 Å². The topological polar surface area (TPSA) is 38.9 Å². The fourth-order valence-corrected chi connectivity index (χ4v) is 1.01. The summed E-state index contributed by atoms with van der Waals surface area (Å²) in [5, 5.41) is 0. The number of hydrogen-bond acceptors (Lipinski definition) is 2. The predicted octanol–water partition coefficient (Wildman–Crippen LogP) is 1.83. The molecule has 0 fully saturated rings. The molecule has 72 valence electrons. The van der Waals surface area contributed by atoms with E-state index in [0.29, 0.717) is 11.3 Å². The van der Waals surface area contributed by atoms with E-state index in [1.807, 2.05) is 0 Å². The number of nitrogens with two attached hydrogens (primary N) is 1. The van der Waals surface area contributed by atoms with Crippen LogP contribution >= 0.6 is 0 Å². The Bertz CT molecular complexity index is 297. The Labute approximate surface area is 75.8 Å². The Morgan fingerprint density at radius 2 is 2.15 bits per heavy atom. The first-order chi connectivity index (χ1) is 5.94. The van der Waals surface area contributed by atoms with Crippen molar-refractivity contribution in [2.24, 2.45) is 5.73 Å². The molecule has 0 aliphatic carbocycles. The standard InChI is InChI=1S/C9H12F2N2/c1-6-5-7(3-4-13-6)9(2,12)8(10)11/h3-5,8H,12H2,1-2H3. The zero-order valence-corrected chi connectivity index (χ0v) is 7.59. The van der Waals surface area contributed by atoms with Crippen molar-refractivity contribution < 1.29 is 8.78 Å². The van der Waals surface area contributed by atoms with Crippen LogP contribution in [0.3, 0.4) is 0 Å². The Balaban J connectivity index is 3.07. The molecule has 13 heavy (non-hydrogen) atoms. The van der Waals surface area contributed by atoms with Crippen molar-refractivity contribution in [1.29, 1.82) is 0 Å². The highest BCUT2D eigenvalue weighted by molar-refractivity contribution is 5.24.